The summed E-state index contributed by atoms with van der Waals surface area (Å²) in [4.78, 5) is 27.0. The molecule has 7 nitrogen and oxygen atoms in total. The summed E-state index contributed by atoms with van der Waals surface area (Å²) in [5.74, 6) is -0.488. The minimum absolute atomic E-state index is 0.0282. The Hall–Kier alpha value is -3.65. The SMILES string of the molecule is Cc1ccc(S(=O)(=O)N(C)c2ccc(C(=O)OCc3ccc(C(=O)N4CCCC4)cc3)cc2)cc1. The quantitative estimate of drug-likeness (QED) is 0.456. The molecule has 1 heterocycles. The molecule has 0 unspecified atom stereocenters. The van der Waals surface area contributed by atoms with Gasteiger partial charge in [-0.3, -0.25) is 9.10 Å². The number of rotatable bonds is 7. The first-order valence-electron chi connectivity index (χ1n) is 11.5. The molecule has 0 saturated carbocycles. The Morgan fingerprint density at radius 2 is 1.43 bits per heavy atom. The summed E-state index contributed by atoms with van der Waals surface area (Å²) in [6.07, 6.45) is 2.08. The van der Waals surface area contributed by atoms with Crippen molar-refractivity contribution in [3.8, 4) is 0 Å². The summed E-state index contributed by atoms with van der Waals surface area (Å²) < 4.78 is 32.3. The highest BCUT2D eigenvalue weighted by molar-refractivity contribution is 7.92. The first-order chi connectivity index (χ1) is 16.8. The second-order valence-electron chi connectivity index (χ2n) is 8.60. The highest BCUT2D eigenvalue weighted by Crippen LogP contribution is 2.23. The van der Waals surface area contributed by atoms with Crippen LogP contribution in [0, 0.1) is 6.92 Å². The van der Waals surface area contributed by atoms with Crippen LogP contribution in [0.5, 0.6) is 0 Å². The Kier molecular flexibility index (Phi) is 7.21. The molecule has 0 aliphatic carbocycles. The maximum Gasteiger partial charge on any atom is 0.338 e. The van der Waals surface area contributed by atoms with Crippen molar-refractivity contribution in [1.82, 2.24) is 4.90 Å². The summed E-state index contributed by atoms with van der Waals surface area (Å²) in [7, 11) is -2.24. The maximum atomic E-state index is 12.9. The lowest BCUT2D eigenvalue weighted by Gasteiger charge is -2.20. The van der Waals surface area contributed by atoms with Gasteiger partial charge >= 0.3 is 5.97 Å². The van der Waals surface area contributed by atoms with E-state index in [2.05, 4.69) is 0 Å². The van der Waals surface area contributed by atoms with Crippen molar-refractivity contribution in [2.24, 2.45) is 0 Å². The van der Waals surface area contributed by atoms with Gasteiger partial charge < -0.3 is 9.64 Å². The molecule has 4 rings (SSSR count). The summed E-state index contributed by atoms with van der Waals surface area (Å²) in [5, 5.41) is 0. The number of anilines is 1. The van der Waals surface area contributed by atoms with E-state index in [4.69, 9.17) is 4.74 Å². The van der Waals surface area contributed by atoms with Crippen molar-refractivity contribution < 1.29 is 22.7 Å². The van der Waals surface area contributed by atoms with Gasteiger partial charge in [0.2, 0.25) is 0 Å². The van der Waals surface area contributed by atoms with Crippen LogP contribution in [-0.2, 0) is 21.4 Å². The number of aryl methyl sites for hydroxylation is 1. The van der Waals surface area contributed by atoms with Gasteiger partial charge in [-0.05, 0) is 73.9 Å². The van der Waals surface area contributed by atoms with E-state index >= 15 is 0 Å². The van der Waals surface area contributed by atoms with Crippen LogP contribution >= 0.6 is 0 Å². The van der Waals surface area contributed by atoms with Gasteiger partial charge in [-0.25, -0.2) is 13.2 Å². The Bertz CT molecular complexity index is 1300. The van der Waals surface area contributed by atoms with Gasteiger partial charge in [-0.2, -0.15) is 0 Å². The number of benzene rings is 3. The standard InChI is InChI=1S/C27H28N2O5S/c1-20-5-15-25(16-6-20)35(32,33)28(2)24-13-11-23(12-14-24)27(31)34-19-21-7-9-22(10-8-21)26(30)29-17-3-4-18-29/h5-16H,3-4,17-19H2,1-2H3. The molecule has 3 aromatic carbocycles. The average Bonchev–Trinajstić information content (AvgIpc) is 3.42. The summed E-state index contributed by atoms with van der Waals surface area (Å²) in [6.45, 7) is 3.55. The van der Waals surface area contributed by atoms with Gasteiger partial charge in [-0.15, -0.1) is 0 Å². The lowest BCUT2D eigenvalue weighted by molar-refractivity contribution is 0.0472. The Labute approximate surface area is 206 Å². The van der Waals surface area contributed by atoms with Crippen molar-refractivity contribution in [3.05, 3.63) is 95.1 Å². The molecule has 0 radical (unpaired) electrons. The fourth-order valence-corrected chi connectivity index (χ4v) is 5.09. The molecule has 1 aliphatic rings. The number of likely N-dealkylation sites (tertiary alicyclic amines) is 1. The Balaban J connectivity index is 1.35. The van der Waals surface area contributed by atoms with Crippen LogP contribution in [-0.4, -0.2) is 45.3 Å². The molecule has 0 bridgehead atoms. The van der Waals surface area contributed by atoms with Gasteiger partial charge in [0.15, 0.2) is 0 Å². The normalized spacial score (nSPS) is 13.5. The first kappa shape index (κ1) is 24.5. The number of amides is 1. The fraction of sp³-hybridized carbons (Fsp3) is 0.259. The third-order valence-corrected chi connectivity index (χ3v) is 7.91. The molecule has 1 aliphatic heterocycles. The number of hydrogen-bond donors (Lipinski definition) is 0. The number of sulfonamides is 1. The van der Waals surface area contributed by atoms with E-state index in [0.717, 1.165) is 37.1 Å². The number of nitrogens with zero attached hydrogens (tertiary/aromatic N) is 2. The van der Waals surface area contributed by atoms with E-state index in [1.807, 2.05) is 11.8 Å². The van der Waals surface area contributed by atoms with E-state index < -0.39 is 16.0 Å². The molecule has 1 amide bonds. The fourth-order valence-electron chi connectivity index (χ4n) is 3.89. The van der Waals surface area contributed by atoms with Gasteiger partial charge in [0.05, 0.1) is 16.1 Å². The first-order valence-corrected chi connectivity index (χ1v) is 12.9. The number of ether oxygens (including phenoxy) is 1. The molecule has 0 spiro atoms. The lowest BCUT2D eigenvalue weighted by atomic mass is 10.1. The molecule has 8 heteroatoms. The molecule has 0 atom stereocenters. The minimum atomic E-state index is -3.71. The topological polar surface area (TPSA) is 84.0 Å². The molecular weight excluding hydrogens is 464 g/mol. The van der Waals surface area contributed by atoms with Crippen molar-refractivity contribution >= 4 is 27.6 Å². The van der Waals surface area contributed by atoms with Crippen molar-refractivity contribution in [2.75, 3.05) is 24.4 Å². The van der Waals surface area contributed by atoms with Crippen molar-refractivity contribution in [2.45, 2.75) is 31.3 Å². The molecule has 3 aromatic rings. The number of esters is 1. The largest absolute Gasteiger partial charge is 0.457 e. The van der Waals surface area contributed by atoms with E-state index in [-0.39, 0.29) is 17.4 Å². The second-order valence-corrected chi connectivity index (χ2v) is 10.6. The highest BCUT2D eigenvalue weighted by Gasteiger charge is 2.22. The molecule has 1 fully saturated rings. The summed E-state index contributed by atoms with van der Waals surface area (Å²) >= 11 is 0. The van der Waals surface area contributed by atoms with Crippen LogP contribution < -0.4 is 4.31 Å². The second kappa shape index (κ2) is 10.3. The summed E-state index contributed by atoms with van der Waals surface area (Å²) in [5.41, 5.74) is 3.12. The van der Waals surface area contributed by atoms with Gasteiger partial charge in [0.1, 0.15) is 6.61 Å². The monoisotopic (exact) mass is 492 g/mol. The third-order valence-electron chi connectivity index (χ3n) is 6.11. The molecule has 0 N–H and O–H groups in total. The van der Waals surface area contributed by atoms with Gasteiger partial charge in [0, 0.05) is 25.7 Å². The molecule has 0 aromatic heterocycles. The van der Waals surface area contributed by atoms with Gasteiger partial charge in [-0.1, -0.05) is 29.8 Å². The maximum absolute atomic E-state index is 12.9. The Morgan fingerprint density at radius 1 is 0.857 bits per heavy atom. The summed E-state index contributed by atoms with van der Waals surface area (Å²) in [6, 6.07) is 19.9. The third kappa shape index (κ3) is 5.54. The predicted octanol–water partition coefficient (Wildman–Crippen LogP) is 4.41. The van der Waals surface area contributed by atoms with Gasteiger partial charge in [0.25, 0.3) is 15.9 Å². The highest BCUT2D eigenvalue weighted by atomic mass is 32.2. The lowest BCUT2D eigenvalue weighted by Crippen LogP contribution is -2.27. The van der Waals surface area contributed by atoms with E-state index in [0.29, 0.717) is 16.8 Å². The zero-order chi connectivity index (χ0) is 25.0. The number of carbonyl (C=O) groups excluding carboxylic acids is 2. The van der Waals surface area contributed by atoms with Crippen LogP contribution in [0.4, 0.5) is 5.69 Å². The molecule has 35 heavy (non-hydrogen) atoms. The Morgan fingerprint density at radius 3 is 2.03 bits per heavy atom. The van der Waals surface area contributed by atoms with E-state index in [9.17, 15) is 18.0 Å². The molecule has 182 valence electrons. The van der Waals surface area contributed by atoms with Crippen LogP contribution in [0.25, 0.3) is 0 Å². The number of hydrogen-bond acceptors (Lipinski definition) is 5. The van der Waals surface area contributed by atoms with Crippen LogP contribution in [0.15, 0.2) is 77.7 Å². The number of carbonyl (C=O) groups is 2. The van der Waals surface area contributed by atoms with Crippen molar-refractivity contribution in [1.29, 1.82) is 0 Å². The molecular formula is C27H28N2O5S. The zero-order valence-corrected chi connectivity index (χ0v) is 20.6. The van der Waals surface area contributed by atoms with Crippen LogP contribution in [0.1, 0.15) is 44.7 Å². The smallest absolute Gasteiger partial charge is 0.338 e. The van der Waals surface area contributed by atoms with Crippen molar-refractivity contribution in [3.63, 3.8) is 0 Å². The van der Waals surface area contributed by atoms with E-state index in [1.54, 1.807) is 60.7 Å². The molecule has 1 saturated heterocycles. The van der Waals surface area contributed by atoms with E-state index in [1.165, 1.54) is 23.5 Å². The predicted molar refractivity (Wildman–Crippen MR) is 134 cm³/mol. The zero-order valence-electron chi connectivity index (χ0n) is 19.8. The van der Waals surface area contributed by atoms with Crippen LogP contribution in [0.3, 0.4) is 0 Å². The minimum Gasteiger partial charge on any atom is -0.457 e. The average molecular weight is 493 g/mol. The van der Waals surface area contributed by atoms with Crippen LogP contribution in [0.2, 0.25) is 0 Å².